The molecule has 6 heteroatoms. The van der Waals surface area contributed by atoms with Gasteiger partial charge in [-0.15, -0.1) is 0 Å². The molecule has 0 saturated carbocycles. The molecular formula is C29H39N3O3. The zero-order valence-electron chi connectivity index (χ0n) is 21.2. The van der Waals surface area contributed by atoms with Crippen molar-refractivity contribution < 1.29 is 14.3 Å². The first-order valence-electron chi connectivity index (χ1n) is 13.2. The summed E-state index contributed by atoms with van der Waals surface area (Å²) < 4.78 is 13.9. The first-order valence-corrected chi connectivity index (χ1v) is 13.2. The summed E-state index contributed by atoms with van der Waals surface area (Å²) in [4.78, 5) is 17.0. The summed E-state index contributed by atoms with van der Waals surface area (Å²) in [6, 6.07) is 14.6. The Kier molecular flexibility index (Phi) is 9.18. The molecule has 1 aromatic heterocycles. The van der Waals surface area contributed by atoms with Gasteiger partial charge >= 0.3 is 0 Å². The minimum Gasteiger partial charge on any atom is -0.493 e. The van der Waals surface area contributed by atoms with E-state index in [9.17, 15) is 4.79 Å². The summed E-state index contributed by atoms with van der Waals surface area (Å²) in [6.07, 6.45) is 7.71. The molecule has 3 aromatic rings. The lowest BCUT2D eigenvalue weighted by molar-refractivity contribution is -0.130. The number of amides is 1. The maximum absolute atomic E-state index is 12.0. The molecule has 35 heavy (non-hydrogen) atoms. The maximum Gasteiger partial charge on any atom is 0.249 e. The number of fused-ring (bicyclic) bond motifs is 1. The van der Waals surface area contributed by atoms with E-state index in [2.05, 4.69) is 66.2 Å². The highest BCUT2D eigenvalue weighted by Gasteiger charge is 2.22. The van der Waals surface area contributed by atoms with Crippen molar-refractivity contribution in [3.8, 4) is 5.75 Å². The number of hydrogen-bond acceptors (Lipinski definition) is 4. The van der Waals surface area contributed by atoms with Crippen LogP contribution in [0.3, 0.4) is 0 Å². The van der Waals surface area contributed by atoms with Crippen molar-refractivity contribution in [2.75, 3.05) is 19.8 Å². The molecule has 4 rings (SSSR count). The van der Waals surface area contributed by atoms with Crippen LogP contribution in [0, 0.1) is 13.8 Å². The van der Waals surface area contributed by atoms with Gasteiger partial charge in [-0.05, 0) is 81.7 Å². The van der Waals surface area contributed by atoms with E-state index in [1.165, 1.54) is 16.6 Å². The lowest BCUT2D eigenvalue weighted by Gasteiger charge is -2.12. The van der Waals surface area contributed by atoms with Crippen LogP contribution in [0.1, 0.15) is 61.9 Å². The minimum atomic E-state index is -0.235. The zero-order valence-corrected chi connectivity index (χ0v) is 21.2. The van der Waals surface area contributed by atoms with Crippen LogP contribution in [-0.2, 0) is 22.5 Å². The fourth-order valence-electron chi connectivity index (χ4n) is 4.70. The van der Waals surface area contributed by atoms with E-state index in [0.717, 1.165) is 88.2 Å². The third-order valence-corrected chi connectivity index (χ3v) is 6.92. The van der Waals surface area contributed by atoms with E-state index in [1.54, 1.807) is 0 Å². The number of carbonyl (C=O) groups excluding carboxylic acids is 1. The number of hydrogen-bond donors (Lipinski definition) is 1. The van der Waals surface area contributed by atoms with E-state index >= 15 is 0 Å². The molecule has 6 nitrogen and oxygen atoms in total. The summed E-state index contributed by atoms with van der Waals surface area (Å²) in [7, 11) is 0. The van der Waals surface area contributed by atoms with Crippen molar-refractivity contribution in [2.24, 2.45) is 0 Å². The Morgan fingerprint density at radius 3 is 2.83 bits per heavy atom. The maximum atomic E-state index is 12.0. The predicted molar refractivity (Wildman–Crippen MR) is 140 cm³/mol. The van der Waals surface area contributed by atoms with Crippen LogP contribution in [0.2, 0.25) is 0 Å². The molecule has 1 fully saturated rings. The second-order valence-electron chi connectivity index (χ2n) is 9.53. The molecule has 0 aliphatic carbocycles. The van der Waals surface area contributed by atoms with Crippen molar-refractivity contribution in [3.05, 3.63) is 59.4 Å². The quantitative estimate of drug-likeness (QED) is 0.329. The number of imidazole rings is 1. The number of carbonyl (C=O) groups is 1. The van der Waals surface area contributed by atoms with E-state index in [0.29, 0.717) is 6.61 Å². The monoisotopic (exact) mass is 477 g/mol. The van der Waals surface area contributed by atoms with Crippen LogP contribution in [-0.4, -0.2) is 41.3 Å². The van der Waals surface area contributed by atoms with Crippen molar-refractivity contribution >= 4 is 16.9 Å². The fraction of sp³-hybridized carbons (Fsp3) is 0.517. The van der Waals surface area contributed by atoms with Crippen LogP contribution >= 0.6 is 0 Å². The number of aryl methyl sites for hydroxylation is 3. The Bertz CT molecular complexity index is 1100. The standard InChI is InChI=1S/C29H39N3O3/c1-22-12-10-15-26(23(22)2)34-20-9-8-19-32-25-14-6-5-13-24(25)31-28(32)17-4-3-7-18-30-29(33)27-16-11-21-35-27/h5-6,10,12-15,27H,3-4,7-9,11,16-21H2,1-2H3,(H,30,33). The average Bonchev–Trinajstić information content (AvgIpc) is 3.52. The third kappa shape index (κ3) is 6.85. The van der Waals surface area contributed by atoms with Gasteiger partial charge in [0.1, 0.15) is 17.7 Å². The lowest BCUT2D eigenvalue weighted by atomic mass is 10.1. The lowest BCUT2D eigenvalue weighted by Crippen LogP contribution is -2.34. The van der Waals surface area contributed by atoms with Gasteiger partial charge in [0.25, 0.3) is 0 Å². The SMILES string of the molecule is Cc1cccc(OCCCCn2c(CCCCCNC(=O)C3CCCO3)nc3ccccc32)c1C. The molecule has 2 heterocycles. The molecule has 1 saturated heterocycles. The van der Waals surface area contributed by atoms with Crippen LogP contribution < -0.4 is 10.1 Å². The van der Waals surface area contributed by atoms with Gasteiger partial charge in [-0.2, -0.15) is 0 Å². The van der Waals surface area contributed by atoms with Gasteiger partial charge in [-0.3, -0.25) is 4.79 Å². The number of ether oxygens (including phenoxy) is 2. The van der Waals surface area contributed by atoms with Crippen LogP contribution in [0.5, 0.6) is 5.75 Å². The van der Waals surface area contributed by atoms with Gasteiger partial charge in [-0.25, -0.2) is 4.98 Å². The molecular weight excluding hydrogens is 438 g/mol. The first-order chi connectivity index (χ1) is 17.1. The molecule has 1 unspecified atom stereocenters. The molecule has 0 spiro atoms. The third-order valence-electron chi connectivity index (χ3n) is 6.92. The van der Waals surface area contributed by atoms with E-state index in [-0.39, 0.29) is 12.0 Å². The predicted octanol–water partition coefficient (Wildman–Crippen LogP) is 5.52. The number of unbranched alkanes of at least 4 members (excludes halogenated alkanes) is 3. The minimum absolute atomic E-state index is 0.0471. The van der Waals surface area contributed by atoms with Gasteiger partial charge in [0.15, 0.2) is 0 Å². The van der Waals surface area contributed by atoms with Crippen LogP contribution in [0.15, 0.2) is 42.5 Å². The number of nitrogens with zero attached hydrogens (tertiary/aromatic N) is 2. The highest BCUT2D eigenvalue weighted by atomic mass is 16.5. The van der Waals surface area contributed by atoms with Crippen LogP contribution in [0.25, 0.3) is 11.0 Å². The van der Waals surface area contributed by atoms with Gasteiger partial charge in [0, 0.05) is 26.1 Å². The molecule has 2 aromatic carbocycles. The molecule has 1 atom stereocenters. The number of rotatable bonds is 13. The Labute approximate surface area is 209 Å². The normalized spacial score (nSPS) is 15.5. The summed E-state index contributed by atoms with van der Waals surface area (Å²) in [5, 5.41) is 3.02. The number of nitrogens with one attached hydrogen (secondary N) is 1. The van der Waals surface area contributed by atoms with E-state index < -0.39 is 0 Å². The highest BCUT2D eigenvalue weighted by molar-refractivity contribution is 5.80. The Morgan fingerprint density at radius 1 is 1.09 bits per heavy atom. The molecule has 1 N–H and O–H groups in total. The summed E-state index contributed by atoms with van der Waals surface area (Å²) in [5.41, 5.74) is 4.77. The van der Waals surface area contributed by atoms with Gasteiger partial charge in [-0.1, -0.05) is 30.7 Å². The second-order valence-corrected chi connectivity index (χ2v) is 9.53. The van der Waals surface area contributed by atoms with Crippen LogP contribution in [0.4, 0.5) is 0 Å². The first kappa shape index (κ1) is 25.2. The van der Waals surface area contributed by atoms with Gasteiger partial charge in [0.2, 0.25) is 5.91 Å². The Hall–Kier alpha value is -2.86. The Balaban J connectivity index is 1.22. The second kappa shape index (κ2) is 12.7. The summed E-state index contributed by atoms with van der Waals surface area (Å²) in [5.74, 6) is 2.20. The molecule has 0 bridgehead atoms. The topological polar surface area (TPSA) is 65.4 Å². The smallest absolute Gasteiger partial charge is 0.249 e. The van der Waals surface area contributed by atoms with Crippen molar-refractivity contribution in [1.29, 1.82) is 0 Å². The van der Waals surface area contributed by atoms with Crippen molar-refractivity contribution in [2.45, 2.75) is 77.9 Å². The number of aromatic nitrogens is 2. The molecule has 1 aliphatic heterocycles. The Morgan fingerprint density at radius 2 is 1.97 bits per heavy atom. The molecule has 1 aliphatic rings. The van der Waals surface area contributed by atoms with E-state index in [4.69, 9.17) is 14.5 Å². The summed E-state index contributed by atoms with van der Waals surface area (Å²) >= 11 is 0. The molecule has 0 radical (unpaired) electrons. The van der Waals surface area contributed by atoms with Gasteiger partial charge in [0.05, 0.1) is 17.6 Å². The number of benzene rings is 2. The molecule has 1 amide bonds. The van der Waals surface area contributed by atoms with Gasteiger partial charge < -0.3 is 19.4 Å². The molecule has 188 valence electrons. The fourth-order valence-corrected chi connectivity index (χ4v) is 4.70. The zero-order chi connectivity index (χ0) is 24.5. The highest BCUT2D eigenvalue weighted by Crippen LogP contribution is 2.22. The van der Waals surface area contributed by atoms with Crippen molar-refractivity contribution in [3.63, 3.8) is 0 Å². The number of para-hydroxylation sites is 2. The average molecular weight is 478 g/mol. The largest absolute Gasteiger partial charge is 0.493 e. The summed E-state index contributed by atoms with van der Waals surface area (Å²) in [6.45, 7) is 7.34. The van der Waals surface area contributed by atoms with E-state index in [1.807, 2.05) is 0 Å². The van der Waals surface area contributed by atoms with Crippen molar-refractivity contribution in [1.82, 2.24) is 14.9 Å².